The van der Waals surface area contributed by atoms with Gasteiger partial charge in [-0.2, -0.15) is 8.42 Å². The number of para-hydroxylation sites is 2. The highest BCUT2D eigenvalue weighted by Gasteiger charge is 2.22. The van der Waals surface area contributed by atoms with Crippen molar-refractivity contribution in [3.8, 4) is 22.8 Å². The summed E-state index contributed by atoms with van der Waals surface area (Å²) in [6, 6.07) is 33.6. The Morgan fingerprint density at radius 3 is 1.94 bits per heavy atom. The van der Waals surface area contributed by atoms with E-state index in [-0.39, 0.29) is 5.75 Å². The average Bonchev–Trinajstić information content (AvgIpc) is 3.25. The lowest BCUT2D eigenvalue weighted by Crippen LogP contribution is -2.07. The van der Waals surface area contributed by atoms with Gasteiger partial charge >= 0.3 is 10.1 Å². The van der Waals surface area contributed by atoms with Gasteiger partial charge in [0.25, 0.3) is 0 Å². The summed E-state index contributed by atoms with van der Waals surface area (Å²) in [6.45, 7) is 0. The number of benzene rings is 5. The van der Waals surface area contributed by atoms with Gasteiger partial charge in [0.15, 0.2) is 5.75 Å². The second kappa shape index (κ2) is 7.71. The van der Waals surface area contributed by atoms with E-state index in [2.05, 4.69) is 28.8 Å². The molecule has 1 aromatic heterocycles. The summed E-state index contributed by atoms with van der Waals surface area (Å²) >= 11 is 0. The minimum atomic E-state index is -3.72. The Hall–Kier alpha value is -4.16. The van der Waals surface area contributed by atoms with Gasteiger partial charge in [0.2, 0.25) is 0 Å². The Balaban J connectivity index is 1.83. The van der Waals surface area contributed by atoms with Crippen LogP contribution in [-0.4, -0.2) is 24.2 Å². The third-order valence-corrected chi connectivity index (χ3v) is 6.40. The van der Waals surface area contributed by atoms with Crippen LogP contribution in [0.15, 0.2) is 103 Å². The largest absolute Gasteiger partial charge is 0.382 e. The van der Waals surface area contributed by atoms with Gasteiger partial charge in [0.1, 0.15) is 5.82 Å². The maximum atomic E-state index is 12.0. The zero-order valence-corrected chi connectivity index (χ0v) is 19.2. The number of fused-ring (bicyclic) bond motifs is 6. The Morgan fingerprint density at radius 2 is 1.24 bits per heavy atom. The van der Waals surface area contributed by atoms with Crippen LogP contribution in [0, 0.1) is 0 Å². The molecule has 6 heteroatoms. The zero-order valence-electron chi connectivity index (χ0n) is 18.3. The number of hydrogen-bond acceptors (Lipinski definition) is 4. The van der Waals surface area contributed by atoms with E-state index < -0.39 is 10.1 Å². The average molecular weight is 465 g/mol. The van der Waals surface area contributed by atoms with Crippen LogP contribution < -0.4 is 4.18 Å². The van der Waals surface area contributed by atoms with Gasteiger partial charge in [-0.25, -0.2) is 4.98 Å². The van der Waals surface area contributed by atoms with Crippen LogP contribution in [0.25, 0.3) is 49.7 Å². The minimum Gasteiger partial charge on any atom is -0.382 e. The summed E-state index contributed by atoms with van der Waals surface area (Å²) in [4.78, 5) is 5.12. The fraction of sp³-hybridized carbons (Fsp3) is 0.0357. The van der Waals surface area contributed by atoms with Crippen LogP contribution in [-0.2, 0) is 10.1 Å². The molecule has 0 aliphatic heterocycles. The van der Waals surface area contributed by atoms with Crippen molar-refractivity contribution in [1.29, 1.82) is 0 Å². The van der Waals surface area contributed by atoms with Gasteiger partial charge in [-0.3, -0.25) is 4.57 Å². The highest BCUT2D eigenvalue weighted by atomic mass is 32.2. The van der Waals surface area contributed by atoms with Crippen LogP contribution in [0.1, 0.15) is 0 Å². The first-order chi connectivity index (χ1) is 16.5. The summed E-state index contributed by atoms with van der Waals surface area (Å²) in [7, 11) is -3.72. The van der Waals surface area contributed by atoms with Gasteiger partial charge < -0.3 is 4.18 Å². The molecule has 5 nitrogen and oxygen atoms in total. The van der Waals surface area contributed by atoms with Crippen molar-refractivity contribution in [2.75, 3.05) is 6.26 Å². The molecule has 0 unspecified atom stereocenters. The summed E-state index contributed by atoms with van der Waals surface area (Å²) in [5, 5.41) is 4.36. The molecule has 0 saturated carbocycles. The predicted octanol–water partition coefficient (Wildman–Crippen LogP) is 6.34. The molecular formula is C28H20N2O3S. The van der Waals surface area contributed by atoms with Gasteiger partial charge in [-0.05, 0) is 35.0 Å². The maximum absolute atomic E-state index is 12.0. The fourth-order valence-corrected chi connectivity index (χ4v) is 5.07. The Kier molecular flexibility index (Phi) is 4.64. The molecule has 0 spiro atoms. The Bertz CT molecular complexity index is 1810. The van der Waals surface area contributed by atoms with Gasteiger partial charge in [-0.1, -0.05) is 78.9 Å². The molecule has 0 amide bonds. The minimum absolute atomic E-state index is 0.242. The lowest BCUT2D eigenvalue weighted by atomic mass is 10.00. The molecule has 0 fully saturated rings. The van der Waals surface area contributed by atoms with Gasteiger partial charge in [0.05, 0.1) is 22.9 Å². The van der Waals surface area contributed by atoms with Gasteiger partial charge in [-0.15, -0.1) is 0 Å². The van der Waals surface area contributed by atoms with E-state index in [1.165, 1.54) is 0 Å². The first-order valence-electron chi connectivity index (χ1n) is 10.9. The molecule has 6 rings (SSSR count). The third kappa shape index (κ3) is 3.31. The first kappa shape index (κ1) is 20.4. The van der Waals surface area contributed by atoms with Gasteiger partial charge in [0, 0.05) is 16.5 Å². The SMILES string of the molecule is CS(=O)(=O)Oc1ccccc1-c1nc2c3ccccc3c3ccccc3c2n1-c1ccccc1. The summed E-state index contributed by atoms with van der Waals surface area (Å²) < 4.78 is 31.5. The molecule has 0 N–H and O–H groups in total. The summed E-state index contributed by atoms with van der Waals surface area (Å²) in [5.74, 6) is 0.855. The van der Waals surface area contributed by atoms with E-state index in [9.17, 15) is 8.42 Å². The number of hydrogen-bond donors (Lipinski definition) is 0. The second-order valence-electron chi connectivity index (χ2n) is 8.18. The lowest BCUT2D eigenvalue weighted by Gasteiger charge is -2.14. The quantitative estimate of drug-likeness (QED) is 0.226. The van der Waals surface area contributed by atoms with Crippen LogP contribution in [0.3, 0.4) is 0 Å². The smallest absolute Gasteiger partial charge is 0.306 e. The number of imidazole rings is 1. The molecule has 0 atom stereocenters. The standard InChI is InChI=1S/C28H20N2O3S/c1-34(31,32)33-25-18-10-9-17-24(25)28-29-26-22-15-7-5-13-20(22)21-14-6-8-16-23(21)27(26)30(28)19-11-3-2-4-12-19/h2-18H,1H3. The molecule has 0 radical (unpaired) electrons. The van der Waals surface area contributed by atoms with E-state index in [0.29, 0.717) is 11.4 Å². The number of rotatable bonds is 4. The zero-order chi connectivity index (χ0) is 23.3. The molecule has 6 aromatic rings. The number of nitrogens with zero attached hydrogens (tertiary/aromatic N) is 2. The highest BCUT2D eigenvalue weighted by Crippen LogP contribution is 2.40. The van der Waals surface area contributed by atoms with E-state index in [1.807, 2.05) is 66.7 Å². The molecule has 34 heavy (non-hydrogen) atoms. The molecule has 0 aliphatic rings. The Morgan fingerprint density at radius 1 is 0.676 bits per heavy atom. The van der Waals surface area contributed by atoms with E-state index in [1.54, 1.807) is 12.1 Å². The number of aromatic nitrogens is 2. The van der Waals surface area contributed by atoms with Crippen molar-refractivity contribution in [2.24, 2.45) is 0 Å². The summed E-state index contributed by atoms with van der Waals surface area (Å²) in [6.07, 6.45) is 1.05. The molecule has 0 aliphatic carbocycles. The summed E-state index contributed by atoms with van der Waals surface area (Å²) in [5.41, 5.74) is 3.34. The molecule has 0 bridgehead atoms. The first-order valence-corrected chi connectivity index (χ1v) is 12.7. The molecule has 166 valence electrons. The molecule has 0 saturated heterocycles. The van der Waals surface area contributed by atoms with Crippen molar-refractivity contribution < 1.29 is 12.6 Å². The third-order valence-electron chi connectivity index (χ3n) is 5.92. The van der Waals surface area contributed by atoms with Crippen molar-refractivity contribution >= 4 is 42.7 Å². The topological polar surface area (TPSA) is 61.2 Å². The van der Waals surface area contributed by atoms with Crippen LogP contribution in [0.5, 0.6) is 5.75 Å². The van der Waals surface area contributed by atoms with Crippen molar-refractivity contribution in [3.63, 3.8) is 0 Å². The maximum Gasteiger partial charge on any atom is 0.306 e. The predicted molar refractivity (Wildman–Crippen MR) is 137 cm³/mol. The normalized spacial score (nSPS) is 11.9. The van der Waals surface area contributed by atoms with Crippen LogP contribution in [0.2, 0.25) is 0 Å². The highest BCUT2D eigenvalue weighted by molar-refractivity contribution is 7.86. The monoisotopic (exact) mass is 464 g/mol. The van der Waals surface area contributed by atoms with E-state index >= 15 is 0 Å². The van der Waals surface area contributed by atoms with E-state index in [0.717, 1.165) is 44.5 Å². The molecule has 1 heterocycles. The molecule has 5 aromatic carbocycles. The second-order valence-corrected chi connectivity index (χ2v) is 9.75. The van der Waals surface area contributed by atoms with Crippen molar-refractivity contribution in [3.05, 3.63) is 103 Å². The van der Waals surface area contributed by atoms with Crippen molar-refractivity contribution in [1.82, 2.24) is 9.55 Å². The Labute approximate surface area is 197 Å². The van der Waals surface area contributed by atoms with Crippen LogP contribution >= 0.6 is 0 Å². The van der Waals surface area contributed by atoms with Crippen molar-refractivity contribution in [2.45, 2.75) is 0 Å². The fourth-order valence-electron chi connectivity index (χ4n) is 4.60. The van der Waals surface area contributed by atoms with Crippen LogP contribution in [0.4, 0.5) is 0 Å². The van der Waals surface area contributed by atoms with E-state index in [4.69, 9.17) is 9.17 Å². The lowest BCUT2D eigenvalue weighted by molar-refractivity contribution is 0.493. The molecular weight excluding hydrogens is 444 g/mol.